The molecule has 1 saturated carbocycles. The van der Waals surface area contributed by atoms with E-state index in [-0.39, 0.29) is 28.2 Å². The van der Waals surface area contributed by atoms with E-state index < -0.39 is 18.0 Å². The van der Waals surface area contributed by atoms with E-state index in [9.17, 15) is 18.4 Å². The van der Waals surface area contributed by atoms with Crippen LogP contribution in [0, 0.1) is 5.92 Å². The first-order valence-corrected chi connectivity index (χ1v) is 13.6. The zero-order chi connectivity index (χ0) is 28.0. The maximum atomic E-state index is 13.9. The summed E-state index contributed by atoms with van der Waals surface area (Å²) in [5.74, 6) is -0.374. The van der Waals surface area contributed by atoms with E-state index in [0.717, 1.165) is 46.7 Å². The Labute approximate surface area is 233 Å². The molecule has 0 radical (unpaired) electrons. The van der Waals surface area contributed by atoms with Crippen molar-refractivity contribution < 1.29 is 13.6 Å². The van der Waals surface area contributed by atoms with Crippen molar-refractivity contribution in [2.24, 2.45) is 13.0 Å². The molecule has 1 aliphatic carbocycles. The van der Waals surface area contributed by atoms with Crippen molar-refractivity contribution in [3.05, 3.63) is 87.7 Å². The number of amides is 1. The number of benzene rings is 2. The van der Waals surface area contributed by atoms with Gasteiger partial charge in [0.05, 0.1) is 39.0 Å². The van der Waals surface area contributed by atoms with Crippen LogP contribution >= 0.6 is 11.6 Å². The third kappa shape index (κ3) is 4.66. The maximum Gasteiger partial charge on any atom is 0.333 e. The number of imidazole rings is 1. The molecule has 3 aromatic heterocycles. The topological polar surface area (TPSA) is 86.7 Å². The maximum absolute atomic E-state index is 13.9. The Kier molecular flexibility index (Phi) is 6.87. The number of rotatable bonds is 6. The molecule has 6 rings (SSSR count). The van der Waals surface area contributed by atoms with E-state index in [1.54, 1.807) is 15.4 Å². The summed E-state index contributed by atoms with van der Waals surface area (Å²) in [6, 6.07) is 14.7. The van der Waals surface area contributed by atoms with Crippen LogP contribution in [0.15, 0.2) is 65.7 Å². The van der Waals surface area contributed by atoms with Gasteiger partial charge in [0, 0.05) is 31.2 Å². The summed E-state index contributed by atoms with van der Waals surface area (Å²) in [5.41, 5.74) is 2.53. The molecule has 0 unspecified atom stereocenters. The highest BCUT2D eigenvalue weighted by molar-refractivity contribution is 6.30. The van der Waals surface area contributed by atoms with Crippen molar-refractivity contribution in [2.75, 3.05) is 0 Å². The number of aromatic nitrogens is 5. The number of nitrogens with zero attached hydrogens (tertiary/aromatic N) is 5. The first-order chi connectivity index (χ1) is 19.3. The van der Waals surface area contributed by atoms with Gasteiger partial charge < -0.3 is 5.32 Å². The fourth-order valence-electron chi connectivity index (χ4n) is 5.79. The van der Waals surface area contributed by atoms with Gasteiger partial charge in [-0.3, -0.25) is 23.6 Å². The fourth-order valence-corrected chi connectivity index (χ4v) is 5.95. The van der Waals surface area contributed by atoms with Gasteiger partial charge in [0.25, 0.3) is 12.3 Å². The van der Waals surface area contributed by atoms with Crippen LogP contribution in [-0.4, -0.2) is 35.8 Å². The normalized spacial score (nSPS) is 17.6. The number of hydrogen-bond donors (Lipinski definition) is 1. The SMILES string of the molecule is Cn1ncc2c(-n3c(=O)n(CC4CCC(NC(=O)c5cc(Cl)cnc5C(F)F)CC4)c4ccccc43)cccc21. The number of aryl methyl sites for hydroxylation is 1. The predicted octanol–water partition coefficient (Wildman–Crippen LogP) is 5.65. The Morgan fingerprint density at radius 1 is 1.05 bits per heavy atom. The number of halogens is 3. The molecular formula is C29H27ClF2N6O2. The smallest absolute Gasteiger partial charge is 0.333 e. The predicted molar refractivity (Wildman–Crippen MR) is 149 cm³/mol. The van der Waals surface area contributed by atoms with Gasteiger partial charge in [0.15, 0.2) is 0 Å². The molecule has 0 bridgehead atoms. The van der Waals surface area contributed by atoms with Gasteiger partial charge in [-0.2, -0.15) is 5.10 Å². The zero-order valence-corrected chi connectivity index (χ0v) is 22.5. The van der Waals surface area contributed by atoms with E-state index in [1.165, 1.54) is 6.07 Å². The molecular weight excluding hydrogens is 538 g/mol. The van der Waals surface area contributed by atoms with Crippen molar-refractivity contribution in [3.8, 4) is 5.69 Å². The number of nitrogens with one attached hydrogen (secondary N) is 1. The standard InChI is InChI=1S/C29H27ClF2N6O2/c1-36-22-7-4-8-23(21(22)15-34-36)38-25-6-3-2-5-24(25)37(29(38)40)16-17-9-11-19(12-10-17)35-28(39)20-13-18(30)14-33-26(20)27(31)32/h2-8,13-15,17,19,27H,9-12,16H2,1H3,(H,35,39). The highest BCUT2D eigenvalue weighted by atomic mass is 35.5. The molecule has 0 aliphatic heterocycles. The second kappa shape index (κ2) is 10.5. The van der Waals surface area contributed by atoms with E-state index >= 15 is 0 Å². The van der Waals surface area contributed by atoms with Crippen molar-refractivity contribution >= 4 is 39.4 Å². The van der Waals surface area contributed by atoms with Crippen LogP contribution in [0.1, 0.15) is 48.2 Å². The quantitative estimate of drug-likeness (QED) is 0.289. The Morgan fingerprint density at radius 3 is 2.52 bits per heavy atom. The summed E-state index contributed by atoms with van der Waals surface area (Å²) in [6.45, 7) is 0.545. The van der Waals surface area contributed by atoms with Crippen molar-refractivity contribution in [2.45, 2.75) is 44.7 Å². The summed E-state index contributed by atoms with van der Waals surface area (Å²) in [5, 5.41) is 8.28. The molecule has 2 aromatic carbocycles. The van der Waals surface area contributed by atoms with Crippen LogP contribution in [0.2, 0.25) is 5.02 Å². The first-order valence-electron chi connectivity index (χ1n) is 13.2. The van der Waals surface area contributed by atoms with Crippen LogP contribution in [0.3, 0.4) is 0 Å². The lowest BCUT2D eigenvalue weighted by Crippen LogP contribution is -2.39. The number of carbonyl (C=O) groups is 1. The first kappa shape index (κ1) is 26.2. The van der Waals surface area contributed by atoms with E-state index in [2.05, 4.69) is 15.4 Å². The molecule has 1 fully saturated rings. The Hall–Kier alpha value is -4.05. The summed E-state index contributed by atoms with van der Waals surface area (Å²) in [4.78, 5) is 30.3. The van der Waals surface area contributed by atoms with Gasteiger partial charge in [0.1, 0.15) is 5.69 Å². The van der Waals surface area contributed by atoms with Crippen LogP contribution in [0.25, 0.3) is 27.6 Å². The summed E-state index contributed by atoms with van der Waals surface area (Å²) < 4.78 is 32.1. The second-order valence-electron chi connectivity index (χ2n) is 10.3. The minimum atomic E-state index is -2.88. The molecule has 0 saturated heterocycles. The molecule has 5 aromatic rings. The largest absolute Gasteiger partial charge is 0.349 e. The third-order valence-corrected chi connectivity index (χ3v) is 8.01. The second-order valence-corrected chi connectivity index (χ2v) is 10.7. The van der Waals surface area contributed by atoms with Crippen LogP contribution < -0.4 is 11.0 Å². The number of hydrogen-bond acceptors (Lipinski definition) is 4. The summed E-state index contributed by atoms with van der Waals surface area (Å²) in [7, 11) is 1.88. The van der Waals surface area contributed by atoms with Gasteiger partial charge >= 0.3 is 5.69 Å². The lowest BCUT2D eigenvalue weighted by molar-refractivity contribution is 0.0904. The van der Waals surface area contributed by atoms with Gasteiger partial charge in [-0.25, -0.2) is 13.6 Å². The number of pyridine rings is 1. The highest BCUT2D eigenvalue weighted by Crippen LogP contribution is 2.30. The molecule has 8 nitrogen and oxygen atoms in total. The number of carbonyl (C=O) groups excluding carboxylic acids is 1. The minimum Gasteiger partial charge on any atom is -0.349 e. The highest BCUT2D eigenvalue weighted by Gasteiger charge is 2.27. The molecule has 40 heavy (non-hydrogen) atoms. The molecule has 11 heteroatoms. The number of para-hydroxylation sites is 2. The Morgan fingerprint density at radius 2 is 1.77 bits per heavy atom. The minimum absolute atomic E-state index is 0.110. The molecule has 1 N–H and O–H groups in total. The molecule has 1 aliphatic rings. The molecule has 1 amide bonds. The lowest BCUT2D eigenvalue weighted by Gasteiger charge is -2.29. The van der Waals surface area contributed by atoms with Crippen molar-refractivity contribution in [1.29, 1.82) is 0 Å². The number of alkyl halides is 2. The molecule has 0 atom stereocenters. The Balaban J connectivity index is 1.21. The number of fused-ring (bicyclic) bond motifs is 2. The van der Waals surface area contributed by atoms with Gasteiger partial charge in [-0.05, 0) is 61.9 Å². The lowest BCUT2D eigenvalue weighted by atomic mass is 9.85. The molecule has 206 valence electrons. The van der Waals surface area contributed by atoms with Gasteiger partial charge in [-0.1, -0.05) is 29.8 Å². The summed E-state index contributed by atoms with van der Waals surface area (Å²) in [6.07, 6.45) is 2.94. The van der Waals surface area contributed by atoms with Crippen LogP contribution in [-0.2, 0) is 13.6 Å². The van der Waals surface area contributed by atoms with Crippen LogP contribution in [0.5, 0.6) is 0 Å². The van der Waals surface area contributed by atoms with Crippen LogP contribution in [0.4, 0.5) is 8.78 Å². The third-order valence-electron chi connectivity index (χ3n) is 7.80. The molecule has 0 spiro atoms. The van der Waals surface area contributed by atoms with E-state index in [1.807, 2.05) is 54.1 Å². The van der Waals surface area contributed by atoms with Gasteiger partial charge in [-0.15, -0.1) is 0 Å². The van der Waals surface area contributed by atoms with E-state index in [0.29, 0.717) is 19.4 Å². The Bertz CT molecular complexity index is 1780. The molecule has 3 heterocycles. The van der Waals surface area contributed by atoms with Gasteiger partial charge in [0.2, 0.25) is 0 Å². The average Bonchev–Trinajstić information content (AvgIpc) is 3.46. The van der Waals surface area contributed by atoms with E-state index in [4.69, 9.17) is 11.6 Å². The zero-order valence-electron chi connectivity index (χ0n) is 21.7. The van der Waals surface area contributed by atoms with Crippen molar-refractivity contribution in [1.82, 2.24) is 29.2 Å². The average molecular weight is 565 g/mol. The van der Waals surface area contributed by atoms with Crippen molar-refractivity contribution in [3.63, 3.8) is 0 Å². The fraction of sp³-hybridized carbons (Fsp3) is 0.310. The monoisotopic (exact) mass is 564 g/mol. The summed E-state index contributed by atoms with van der Waals surface area (Å²) >= 11 is 5.91.